The van der Waals surface area contributed by atoms with Crippen LogP contribution in [-0.4, -0.2) is 41.9 Å². The summed E-state index contributed by atoms with van der Waals surface area (Å²) in [6.45, 7) is 4.21. The fraction of sp³-hybridized carbons (Fsp3) is 0.364. The predicted octanol–water partition coefficient (Wildman–Crippen LogP) is 3.55. The molecule has 1 atom stereocenters. The highest BCUT2D eigenvalue weighted by molar-refractivity contribution is 8.00. The molecule has 0 spiro atoms. The Morgan fingerprint density at radius 2 is 1.84 bits per heavy atom. The predicted molar refractivity (Wildman–Crippen MR) is 122 cm³/mol. The molecule has 4 rings (SSSR count). The fourth-order valence-electron chi connectivity index (χ4n) is 3.93. The molecule has 0 bridgehead atoms. The number of imidazole rings is 1. The molecule has 1 fully saturated rings. The van der Waals surface area contributed by atoms with Crippen molar-refractivity contribution >= 4 is 38.7 Å². The minimum Gasteiger partial charge on any atom is -0.341 e. The standard InChI is InChI=1S/C22H26N4O3S2/c1-2-26-19-12-11-17(31(23,28)29)15-18(19)24-22(26)30-20(16-9-5-3-6-10-16)21(27)25-13-7-4-8-14-25/h3,5-6,9-12,15,20H,2,4,7-8,13-14H2,1H3,(H2,23,28,29). The van der Waals surface area contributed by atoms with Crippen LogP contribution in [0.3, 0.4) is 0 Å². The molecule has 0 radical (unpaired) electrons. The Kier molecular flexibility index (Phi) is 6.36. The van der Waals surface area contributed by atoms with Crippen LogP contribution >= 0.6 is 11.8 Å². The molecule has 3 aromatic rings. The molecule has 1 aliphatic heterocycles. The van der Waals surface area contributed by atoms with E-state index in [1.54, 1.807) is 6.07 Å². The molecular formula is C22H26N4O3S2. The number of primary sulfonamides is 1. The average Bonchev–Trinajstić information content (AvgIpc) is 3.14. The van der Waals surface area contributed by atoms with Crippen LogP contribution in [-0.2, 0) is 21.4 Å². The van der Waals surface area contributed by atoms with Gasteiger partial charge >= 0.3 is 0 Å². The molecule has 2 heterocycles. The van der Waals surface area contributed by atoms with Crippen molar-refractivity contribution < 1.29 is 13.2 Å². The van der Waals surface area contributed by atoms with Gasteiger partial charge in [0.25, 0.3) is 0 Å². The van der Waals surface area contributed by atoms with Gasteiger partial charge in [-0.3, -0.25) is 4.79 Å². The molecule has 164 valence electrons. The number of fused-ring (bicyclic) bond motifs is 1. The molecule has 2 aromatic carbocycles. The number of hydrogen-bond donors (Lipinski definition) is 1. The Labute approximate surface area is 186 Å². The molecule has 2 N–H and O–H groups in total. The third-order valence-corrected chi connectivity index (χ3v) is 7.69. The van der Waals surface area contributed by atoms with E-state index in [2.05, 4.69) is 4.98 Å². The van der Waals surface area contributed by atoms with Crippen molar-refractivity contribution in [1.82, 2.24) is 14.5 Å². The second-order valence-electron chi connectivity index (χ2n) is 7.63. The Morgan fingerprint density at radius 1 is 1.13 bits per heavy atom. The van der Waals surface area contributed by atoms with Crippen molar-refractivity contribution in [1.29, 1.82) is 0 Å². The quantitative estimate of drug-likeness (QED) is 0.570. The van der Waals surface area contributed by atoms with Crippen LogP contribution in [0.25, 0.3) is 11.0 Å². The molecule has 1 aliphatic rings. The number of amides is 1. The number of nitrogens with zero attached hydrogens (tertiary/aromatic N) is 3. The van der Waals surface area contributed by atoms with Crippen LogP contribution in [0.4, 0.5) is 0 Å². The second kappa shape index (κ2) is 9.02. The van der Waals surface area contributed by atoms with Crippen molar-refractivity contribution in [2.45, 2.75) is 48.0 Å². The third kappa shape index (κ3) is 4.63. The van der Waals surface area contributed by atoms with Crippen molar-refractivity contribution in [2.75, 3.05) is 13.1 Å². The third-order valence-electron chi connectivity index (χ3n) is 5.55. The summed E-state index contributed by atoms with van der Waals surface area (Å²) < 4.78 is 25.5. The number of aryl methyl sites for hydroxylation is 1. The smallest absolute Gasteiger partial charge is 0.240 e. The van der Waals surface area contributed by atoms with Gasteiger partial charge in [0.1, 0.15) is 5.25 Å². The zero-order valence-electron chi connectivity index (χ0n) is 17.4. The highest BCUT2D eigenvalue weighted by Crippen LogP contribution is 2.38. The van der Waals surface area contributed by atoms with Crippen molar-refractivity contribution in [2.24, 2.45) is 5.14 Å². The largest absolute Gasteiger partial charge is 0.341 e. The van der Waals surface area contributed by atoms with Crippen LogP contribution in [0.1, 0.15) is 37.0 Å². The van der Waals surface area contributed by atoms with Gasteiger partial charge in [-0.15, -0.1) is 0 Å². The van der Waals surface area contributed by atoms with Gasteiger partial charge in [0.15, 0.2) is 5.16 Å². The maximum Gasteiger partial charge on any atom is 0.240 e. The van der Waals surface area contributed by atoms with Crippen LogP contribution in [0.2, 0.25) is 0 Å². The highest BCUT2D eigenvalue weighted by Gasteiger charge is 2.30. The van der Waals surface area contributed by atoms with E-state index < -0.39 is 15.3 Å². The number of rotatable bonds is 6. The second-order valence-corrected chi connectivity index (χ2v) is 10.3. The fourth-order valence-corrected chi connectivity index (χ4v) is 5.73. The molecule has 31 heavy (non-hydrogen) atoms. The minimum atomic E-state index is -3.82. The monoisotopic (exact) mass is 458 g/mol. The number of nitrogens with two attached hydrogens (primary N) is 1. The van der Waals surface area contributed by atoms with E-state index in [0.29, 0.717) is 17.2 Å². The number of aromatic nitrogens is 2. The van der Waals surface area contributed by atoms with Gasteiger partial charge in [0.05, 0.1) is 15.9 Å². The molecule has 1 unspecified atom stereocenters. The molecule has 7 nitrogen and oxygen atoms in total. The Bertz CT molecular complexity index is 1190. The number of piperidine rings is 1. The lowest BCUT2D eigenvalue weighted by Gasteiger charge is -2.30. The molecule has 0 aliphatic carbocycles. The maximum atomic E-state index is 13.5. The van der Waals surface area contributed by atoms with Crippen LogP contribution in [0.15, 0.2) is 58.6 Å². The number of benzene rings is 2. The highest BCUT2D eigenvalue weighted by atomic mass is 32.2. The molecule has 1 amide bonds. The lowest BCUT2D eigenvalue weighted by molar-refractivity contribution is -0.131. The zero-order chi connectivity index (χ0) is 22.0. The molecular weight excluding hydrogens is 432 g/mol. The maximum absolute atomic E-state index is 13.5. The van der Waals surface area contributed by atoms with Crippen LogP contribution < -0.4 is 5.14 Å². The lowest BCUT2D eigenvalue weighted by atomic mass is 10.1. The topological polar surface area (TPSA) is 98.3 Å². The SMILES string of the molecule is CCn1c(SC(C(=O)N2CCCCC2)c2ccccc2)nc2cc(S(N)(=O)=O)ccc21. The first kappa shape index (κ1) is 21.9. The van der Waals surface area contributed by atoms with Gasteiger partial charge < -0.3 is 9.47 Å². The Morgan fingerprint density at radius 3 is 2.48 bits per heavy atom. The first-order chi connectivity index (χ1) is 14.9. The summed E-state index contributed by atoms with van der Waals surface area (Å²) in [7, 11) is -3.82. The van der Waals surface area contributed by atoms with E-state index in [9.17, 15) is 13.2 Å². The van der Waals surface area contributed by atoms with Crippen molar-refractivity contribution in [3.05, 3.63) is 54.1 Å². The average molecular weight is 459 g/mol. The van der Waals surface area contributed by atoms with E-state index in [1.165, 1.54) is 23.9 Å². The van der Waals surface area contributed by atoms with Gasteiger partial charge in [-0.25, -0.2) is 18.5 Å². The van der Waals surface area contributed by atoms with E-state index in [1.807, 2.05) is 46.7 Å². The van der Waals surface area contributed by atoms with Crippen LogP contribution in [0.5, 0.6) is 0 Å². The molecule has 0 saturated carbocycles. The van der Waals surface area contributed by atoms with Crippen molar-refractivity contribution in [3.8, 4) is 0 Å². The molecule has 1 aromatic heterocycles. The Balaban J connectivity index is 1.74. The van der Waals surface area contributed by atoms with Crippen molar-refractivity contribution in [3.63, 3.8) is 0 Å². The summed E-state index contributed by atoms with van der Waals surface area (Å²) in [6, 6.07) is 14.5. The number of hydrogen-bond acceptors (Lipinski definition) is 5. The van der Waals surface area contributed by atoms with Gasteiger partial charge in [0, 0.05) is 19.6 Å². The summed E-state index contributed by atoms with van der Waals surface area (Å²) in [4.78, 5) is 20.1. The van der Waals surface area contributed by atoms with Crippen LogP contribution in [0, 0.1) is 0 Å². The normalized spacial score (nSPS) is 15.9. The number of carbonyl (C=O) groups is 1. The number of sulfonamides is 1. The van der Waals surface area contributed by atoms with Gasteiger partial charge in [-0.2, -0.15) is 0 Å². The first-order valence-electron chi connectivity index (χ1n) is 10.4. The summed E-state index contributed by atoms with van der Waals surface area (Å²) in [5, 5.41) is 5.55. The van der Waals surface area contributed by atoms with E-state index in [0.717, 1.165) is 43.4 Å². The first-order valence-corrected chi connectivity index (χ1v) is 12.8. The van der Waals surface area contributed by atoms with Gasteiger partial charge in [0.2, 0.25) is 15.9 Å². The summed E-state index contributed by atoms with van der Waals surface area (Å²) in [5.41, 5.74) is 2.30. The lowest BCUT2D eigenvalue weighted by Crippen LogP contribution is -2.38. The zero-order valence-corrected chi connectivity index (χ0v) is 19.0. The number of likely N-dealkylation sites (tertiary alicyclic amines) is 1. The van der Waals surface area contributed by atoms with E-state index in [4.69, 9.17) is 5.14 Å². The number of thioether (sulfide) groups is 1. The number of carbonyl (C=O) groups excluding carboxylic acids is 1. The minimum absolute atomic E-state index is 0.0290. The molecule has 9 heteroatoms. The summed E-state index contributed by atoms with van der Waals surface area (Å²) >= 11 is 1.41. The van der Waals surface area contributed by atoms with Gasteiger partial charge in [-0.1, -0.05) is 42.1 Å². The van der Waals surface area contributed by atoms with E-state index >= 15 is 0 Å². The van der Waals surface area contributed by atoms with E-state index in [-0.39, 0.29) is 10.8 Å². The summed E-state index contributed by atoms with van der Waals surface area (Å²) in [5.74, 6) is 0.0934. The Hall–Kier alpha value is -2.36. The molecule has 1 saturated heterocycles. The van der Waals surface area contributed by atoms with Gasteiger partial charge in [-0.05, 0) is 49.9 Å². The summed E-state index contributed by atoms with van der Waals surface area (Å²) in [6.07, 6.45) is 3.22.